The highest BCUT2D eigenvalue weighted by Crippen LogP contribution is 2.22. The fourth-order valence-corrected chi connectivity index (χ4v) is 1.61. The second-order valence-corrected chi connectivity index (χ2v) is 4.11. The Morgan fingerprint density at radius 2 is 2.09 bits per heavy atom. The lowest BCUT2D eigenvalue weighted by atomic mass is 10.2. The SMILES string of the molecule is COc1ccc(/C=N/NC(=O)c2ccc(=O)[nH]n2)c(OC)c1. The zero-order valence-corrected chi connectivity index (χ0v) is 12.0. The molecule has 0 unspecified atom stereocenters. The number of hydrogen-bond donors (Lipinski definition) is 2. The van der Waals surface area contributed by atoms with Crippen molar-refractivity contribution in [1.29, 1.82) is 0 Å². The van der Waals surface area contributed by atoms with Crippen LogP contribution in [0.25, 0.3) is 0 Å². The topological polar surface area (TPSA) is 106 Å². The third kappa shape index (κ3) is 3.69. The van der Waals surface area contributed by atoms with Gasteiger partial charge in [-0.2, -0.15) is 10.2 Å². The molecule has 1 aromatic carbocycles. The van der Waals surface area contributed by atoms with Gasteiger partial charge in [-0.3, -0.25) is 9.59 Å². The Kier molecular flexibility index (Phi) is 4.86. The summed E-state index contributed by atoms with van der Waals surface area (Å²) in [6.07, 6.45) is 1.43. The van der Waals surface area contributed by atoms with Crippen LogP contribution >= 0.6 is 0 Å². The summed E-state index contributed by atoms with van der Waals surface area (Å²) in [6.45, 7) is 0. The van der Waals surface area contributed by atoms with E-state index in [1.165, 1.54) is 25.5 Å². The molecular weight excluding hydrogens is 288 g/mol. The number of carbonyl (C=O) groups is 1. The quantitative estimate of drug-likeness (QED) is 0.620. The molecule has 0 aliphatic heterocycles. The van der Waals surface area contributed by atoms with Gasteiger partial charge in [-0.1, -0.05) is 0 Å². The molecule has 0 bridgehead atoms. The fraction of sp³-hybridized carbons (Fsp3) is 0.143. The van der Waals surface area contributed by atoms with Crippen LogP contribution in [-0.4, -0.2) is 36.5 Å². The van der Waals surface area contributed by atoms with Crippen LogP contribution in [0.15, 0.2) is 40.2 Å². The molecule has 114 valence electrons. The molecule has 22 heavy (non-hydrogen) atoms. The molecule has 2 aromatic rings. The molecule has 0 atom stereocenters. The Morgan fingerprint density at radius 1 is 1.27 bits per heavy atom. The highest BCUT2D eigenvalue weighted by atomic mass is 16.5. The van der Waals surface area contributed by atoms with E-state index < -0.39 is 5.91 Å². The van der Waals surface area contributed by atoms with E-state index in [2.05, 4.69) is 20.7 Å². The van der Waals surface area contributed by atoms with Crippen molar-refractivity contribution in [2.24, 2.45) is 5.10 Å². The van der Waals surface area contributed by atoms with Crippen LogP contribution in [0.3, 0.4) is 0 Å². The minimum atomic E-state index is -0.542. The number of hydrogen-bond acceptors (Lipinski definition) is 6. The molecule has 1 heterocycles. The van der Waals surface area contributed by atoms with Crippen molar-refractivity contribution < 1.29 is 14.3 Å². The lowest BCUT2D eigenvalue weighted by Gasteiger charge is -2.06. The molecule has 0 radical (unpaired) electrons. The first-order chi connectivity index (χ1) is 10.6. The van der Waals surface area contributed by atoms with Crippen LogP contribution < -0.4 is 20.5 Å². The van der Waals surface area contributed by atoms with Crippen molar-refractivity contribution >= 4 is 12.1 Å². The fourth-order valence-electron chi connectivity index (χ4n) is 1.61. The maximum atomic E-state index is 11.7. The highest BCUT2D eigenvalue weighted by molar-refractivity contribution is 5.93. The van der Waals surface area contributed by atoms with Crippen LogP contribution in [0.5, 0.6) is 11.5 Å². The van der Waals surface area contributed by atoms with Crippen molar-refractivity contribution in [2.45, 2.75) is 0 Å². The first-order valence-corrected chi connectivity index (χ1v) is 6.25. The summed E-state index contributed by atoms with van der Waals surface area (Å²) in [5, 5.41) is 9.59. The molecule has 0 fully saturated rings. The number of methoxy groups -OCH3 is 2. The number of carbonyl (C=O) groups excluding carboxylic acids is 1. The van der Waals surface area contributed by atoms with Crippen LogP contribution in [0.1, 0.15) is 16.1 Å². The standard InChI is InChI=1S/C14H14N4O4/c1-21-10-4-3-9(12(7-10)22-2)8-15-18-14(20)11-5-6-13(19)17-16-11/h3-8H,1-2H3,(H,17,19)(H,18,20)/b15-8+. The number of nitrogens with one attached hydrogen (secondary N) is 2. The maximum Gasteiger partial charge on any atom is 0.291 e. The van der Waals surface area contributed by atoms with Crippen molar-refractivity contribution in [3.8, 4) is 11.5 Å². The number of ether oxygens (including phenoxy) is 2. The number of H-pyrrole nitrogens is 1. The highest BCUT2D eigenvalue weighted by Gasteiger charge is 2.06. The Morgan fingerprint density at radius 3 is 2.73 bits per heavy atom. The second kappa shape index (κ2) is 7.02. The van der Waals surface area contributed by atoms with Gasteiger partial charge < -0.3 is 9.47 Å². The van der Waals surface area contributed by atoms with E-state index in [0.717, 1.165) is 0 Å². The van der Waals surface area contributed by atoms with E-state index >= 15 is 0 Å². The third-order valence-corrected chi connectivity index (χ3v) is 2.72. The Bertz CT molecular complexity index is 734. The molecule has 8 nitrogen and oxygen atoms in total. The van der Waals surface area contributed by atoms with Crippen molar-refractivity contribution in [1.82, 2.24) is 15.6 Å². The minimum absolute atomic E-state index is 0.0541. The summed E-state index contributed by atoms with van der Waals surface area (Å²) in [6, 6.07) is 7.70. The number of benzene rings is 1. The van der Waals surface area contributed by atoms with E-state index in [4.69, 9.17) is 9.47 Å². The van der Waals surface area contributed by atoms with E-state index in [9.17, 15) is 9.59 Å². The smallest absolute Gasteiger partial charge is 0.291 e. The predicted molar refractivity (Wildman–Crippen MR) is 79.5 cm³/mol. The summed E-state index contributed by atoms with van der Waals surface area (Å²) in [5.41, 5.74) is 2.64. The number of nitrogens with zero attached hydrogens (tertiary/aromatic N) is 2. The van der Waals surface area contributed by atoms with Crippen molar-refractivity contribution in [3.63, 3.8) is 0 Å². The van der Waals surface area contributed by atoms with Gasteiger partial charge >= 0.3 is 0 Å². The number of amides is 1. The molecular formula is C14H14N4O4. The zero-order valence-electron chi connectivity index (χ0n) is 12.0. The zero-order chi connectivity index (χ0) is 15.9. The van der Waals surface area contributed by atoms with E-state index in [-0.39, 0.29) is 11.3 Å². The van der Waals surface area contributed by atoms with E-state index in [1.54, 1.807) is 25.3 Å². The number of aromatic amines is 1. The van der Waals surface area contributed by atoms with Crippen molar-refractivity contribution in [2.75, 3.05) is 14.2 Å². The Balaban J connectivity index is 2.07. The molecule has 1 aromatic heterocycles. The Labute approximate surface area is 125 Å². The van der Waals surface area contributed by atoms with E-state index in [0.29, 0.717) is 17.1 Å². The lowest BCUT2D eigenvalue weighted by molar-refractivity contribution is 0.0949. The van der Waals surface area contributed by atoms with Gasteiger partial charge in [-0.05, 0) is 18.2 Å². The number of rotatable bonds is 5. The second-order valence-electron chi connectivity index (χ2n) is 4.11. The summed E-state index contributed by atoms with van der Waals surface area (Å²) in [4.78, 5) is 22.6. The monoisotopic (exact) mass is 302 g/mol. The average molecular weight is 302 g/mol. The van der Waals surface area contributed by atoms with Crippen LogP contribution in [0.2, 0.25) is 0 Å². The normalized spacial score (nSPS) is 10.5. The first kappa shape index (κ1) is 15.2. The molecule has 8 heteroatoms. The van der Waals surface area contributed by atoms with Crippen molar-refractivity contribution in [3.05, 3.63) is 51.9 Å². The largest absolute Gasteiger partial charge is 0.497 e. The average Bonchev–Trinajstić information content (AvgIpc) is 2.55. The van der Waals surface area contributed by atoms with Gasteiger partial charge in [-0.25, -0.2) is 10.5 Å². The number of aromatic nitrogens is 2. The molecule has 0 aliphatic carbocycles. The van der Waals surface area contributed by atoms with Crippen LogP contribution in [0.4, 0.5) is 0 Å². The predicted octanol–water partition coefficient (Wildman–Crippen LogP) is 0.551. The van der Waals surface area contributed by atoms with Gasteiger partial charge in [0.15, 0.2) is 5.69 Å². The van der Waals surface area contributed by atoms with Crippen LogP contribution in [0, 0.1) is 0 Å². The third-order valence-electron chi connectivity index (χ3n) is 2.72. The number of hydrazone groups is 1. The minimum Gasteiger partial charge on any atom is -0.497 e. The van der Waals surface area contributed by atoms with Gasteiger partial charge in [0.2, 0.25) is 0 Å². The summed E-state index contributed by atoms with van der Waals surface area (Å²) >= 11 is 0. The van der Waals surface area contributed by atoms with Gasteiger partial charge in [0.25, 0.3) is 11.5 Å². The first-order valence-electron chi connectivity index (χ1n) is 6.25. The molecule has 0 saturated carbocycles. The summed E-state index contributed by atoms with van der Waals surface area (Å²) in [5.74, 6) is 0.662. The Hall–Kier alpha value is -3.16. The molecule has 2 rings (SSSR count). The van der Waals surface area contributed by atoms with Gasteiger partial charge in [0.05, 0.1) is 20.4 Å². The van der Waals surface area contributed by atoms with Gasteiger partial charge in [-0.15, -0.1) is 0 Å². The molecule has 0 saturated heterocycles. The lowest BCUT2D eigenvalue weighted by Crippen LogP contribution is -2.21. The van der Waals surface area contributed by atoms with Crippen LogP contribution in [-0.2, 0) is 0 Å². The molecule has 1 amide bonds. The maximum absolute atomic E-state index is 11.7. The van der Waals surface area contributed by atoms with E-state index in [1.807, 2.05) is 0 Å². The summed E-state index contributed by atoms with van der Waals surface area (Å²) in [7, 11) is 3.08. The summed E-state index contributed by atoms with van der Waals surface area (Å²) < 4.78 is 10.3. The molecule has 0 spiro atoms. The molecule has 2 N–H and O–H groups in total. The molecule has 0 aliphatic rings. The van der Waals surface area contributed by atoms with Gasteiger partial charge in [0, 0.05) is 17.7 Å². The van der Waals surface area contributed by atoms with Gasteiger partial charge in [0.1, 0.15) is 11.5 Å².